The van der Waals surface area contributed by atoms with Crippen LogP contribution in [-0.2, 0) is 4.79 Å². The first-order chi connectivity index (χ1) is 8.84. The van der Waals surface area contributed by atoms with Gasteiger partial charge < -0.3 is 11.1 Å². The molecule has 1 amide bonds. The van der Waals surface area contributed by atoms with E-state index in [2.05, 4.69) is 5.32 Å². The molecule has 1 heterocycles. The van der Waals surface area contributed by atoms with Gasteiger partial charge in [-0.05, 0) is 25.9 Å². The fourth-order valence-corrected chi connectivity index (χ4v) is 2.17. The summed E-state index contributed by atoms with van der Waals surface area (Å²) in [4.78, 5) is 12.4. The van der Waals surface area contributed by atoms with Crippen LogP contribution < -0.4 is 11.1 Å². The molecular weight excluding hydrogens is 261 g/mol. The summed E-state index contributed by atoms with van der Waals surface area (Å²) in [7, 11) is 0. The van der Waals surface area contributed by atoms with Crippen LogP contribution in [0.3, 0.4) is 0 Å². The number of carbonyl (C=O) groups is 1. The van der Waals surface area contributed by atoms with Crippen LogP contribution >= 0.6 is 0 Å². The van der Waals surface area contributed by atoms with Gasteiger partial charge in [0.15, 0.2) is 5.92 Å². The summed E-state index contributed by atoms with van der Waals surface area (Å²) in [5.41, 5.74) is 5.07. The first kappa shape index (κ1) is 15.7. The Morgan fingerprint density at radius 2 is 2.05 bits per heavy atom. The van der Waals surface area contributed by atoms with Gasteiger partial charge in [-0.2, -0.15) is 18.4 Å². The third-order valence-corrected chi connectivity index (χ3v) is 3.15. The first-order valence-electron chi connectivity index (χ1n) is 6.04. The number of nitriles is 1. The largest absolute Gasteiger partial charge is 0.405 e. The Hall–Kier alpha value is -1.33. The van der Waals surface area contributed by atoms with Crippen molar-refractivity contribution in [1.29, 1.82) is 5.26 Å². The number of carbonyl (C=O) groups excluding carboxylic acids is 1. The quantitative estimate of drug-likeness (QED) is 0.754. The molecule has 0 aliphatic carbocycles. The molecule has 1 aliphatic heterocycles. The fourth-order valence-electron chi connectivity index (χ4n) is 2.17. The van der Waals surface area contributed by atoms with Crippen LogP contribution in [0.2, 0.25) is 0 Å². The van der Waals surface area contributed by atoms with Gasteiger partial charge in [-0.1, -0.05) is 0 Å². The molecule has 0 radical (unpaired) electrons. The summed E-state index contributed by atoms with van der Waals surface area (Å²) in [6, 6.07) is 1.10. The summed E-state index contributed by atoms with van der Waals surface area (Å²) >= 11 is 0. The van der Waals surface area contributed by atoms with Crippen molar-refractivity contribution in [3.05, 3.63) is 0 Å². The zero-order chi connectivity index (χ0) is 14.5. The highest BCUT2D eigenvalue weighted by molar-refractivity contribution is 5.75. The van der Waals surface area contributed by atoms with E-state index in [0.29, 0.717) is 25.9 Å². The second kappa shape index (κ2) is 6.73. The van der Waals surface area contributed by atoms with Crippen molar-refractivity contribution in [2.24, 2.45) is 11.7 Å². The summed E-state index contributed by atoms with van der Waals surface area (Å²) in [5, 5.41) is 11.7. The topological polar surface area (TPSA) is 82.2 Å². The van der Waals surface area contributed by atoms with Gasteiger partial charge in [0.2, 0.25) is 5.91 Å². The predicted molar refractivity (Wildman–Crippen MR) is 61.8 cm³/mol. The van der Waals surface area contributed by atoms with Gasteiger partial charge in [0, 0.05) is 12.6 Å². The van der Waals surface area contributed by atoms with E-state index in [1.165, 1.54) is 11.0 Å². The SMILES string of the molecule is N#CC(CN(CC(N)=O)C1CCNCC1)C(F)(F)F. The van der Waals surface area contributed by atoms with Crippen molar-refractivity contribution in [2.45, 2.75) is 25.1 Å². The molecule has 1 unspecified atom stereocenters. The summed E-state index contributed by atoms with van der Waals surface area (Å²) in [5.74, 6) is -2.78. The van der Waals surface area contributed by atoms with Crippen LogP contribution in [-0.4, -0.2) is 49.2 Å². The number of nitrogens with one attached hydrogen (secondary N) is 1. The van der Waals surface area contributed by atoms with Crippen LogP contribution in [0.5, 0.6) is 0 Å². The van der Waals surface area contributed by atoms with Gasteiger partial charge in [-0.3, -0.25) is 9.69 Å². The lowest BCUT2D eigenvalue weighted by molar-refractivity contribution is -0.165. The predicted octanol–water partition coefficient (Wildman–Crippen LogP) is 0.228. The standard InChI is InChI=1S/C11H17F3N4O/c12-11(13,14)8(5-15)6-18(7-10(16)19)9-1-3-17-4-2-9/h8-9,17H,1-4,6-7H2,(H2,16,19). The third kappa shape index (κ3) is 5.04. The zero-order valence-corrected chi connectivity index (χ0v) is 10.4. The molecule has 8 heteroatoms. The van der Waals surface area contributed by atoms with Crippen LogP contribution in [0.25, 0.3) is 0 Å². The molecule has 108 valence electrons. The molecule has 5 nitrogen and oxygen atoms in total. The smallest absolute Gasteiger partial charge is 0.369 e. The van der Waals surface area contributed by atoms with E-state index in [-0.39, 0.29) is 12.6 Å². The van der Waals surface area contributed by atoms with E-state index >= 15 is 0 Å². The lowest BCUT2D eigenvalue weighted by atomic mass is 10.0. The van der Waals surface area contributed by atoms with Crippen molar-refractivity contribution in [3.8, 4) is 6.07 Å². The summed E-state index contributed by atoms with van der Waals surface area (Å²) < 4.78 is 37.8. The van der Waals surface area contributed by atoms with Gasteiger partial charge in [-0.25, -0.2) is 0 Å². The van der Waals surface area contributed by atoms with Crippen LogP contribution in [0.15, 0.2) is 0 Å². The second-order valence-corrected chi connectivity index (χ2v) is 4.60. The number of alkyl halides is 3. The average molecular weight is 278 g/mol. The minimum Gasteiger partial charge on any atom is -0.369 e. The number of rotatable bonds is 5. The molecule has 1 aliphatic rings. The number of amides is 1. The molecule has 19 heavy (non-hydrogen) atoms. The van der Waals surface area contributed by atoms with E-state index in [0.717, 1.165) is 0 Å². The third-order valence-electron chi connectivity index (χ3n) is 3.15. The Labute approximate surface area is 109 Å². The van der Waals surface area contributed by atoms with Gasteiger partial charge >= 0.3 is 6.18 Å². The fraction of sp³-hybridized carbons (Fsp3) is 0.818. The molecule has 0 spiro atoms. The number of nitrogens with zero attached hydrogens (tertiary/aromatic N) is 2. The minimum atomic E-state index is -4.59. The van der Waals surface area contributed by atoms with Gasteiger partial charge in [0.25, 0.3) is 0 Å². The van der Waals surface area contributed by atoms with Gasteiger partial charge in [0.1, 0.15) is 0 Å². The molecule has 0 bridgehead atoms. The Morgan fingerprint density at radius 1 is 1.47 bits per heavy atom. The number of primary amides is 1. The lowest BCUT2D eigenvalue weighted by Gasteiger charge is -2.35. The highest BCUT2D eigenvalue weighted by atomic mass is 19.4. The zero-order valence-electron chi connectivity index (χ0n) is 10.4. The molecule has 1 fully saturated rings. The average Bonchev–Trinajstić information content (AvgIpc) is 2.33. The van der Waals surface area contributed by atoms with Crippen molar-refractivity contribution in [3.63, 3.8) is 0 Å². The number of hydrogen-bond donors (Lipinski definition) is 2. The molecule has 3 N–H and O–H groups in total. The maximum absolute atomic E-state index is 12.6. The second-order valence-electron chi connectivity index (χ2n) is 4.60. The normalized spacial score (nSPS) is 19.1. The number of hydrogen-bond acceptors (Lipinski definition) is 4. The summed E-state index contributed by atoms with van der Waals surface area (Å²) in [6.45, 7) is 0.610. The van der Waals surface area contributed by atoms with Gasteiger partial charge in [0.05, 0.1) is 12.6 Å². The van der Waals surface area contributed by atoms with E-state index < -0.39 is 24.5 Å². The highest BCUT2D eigenvalue weighted by Gasteiger charge is 2.42. The van der Waals surface area contributed by atoms with Crippen LogP contribution in [0.4, 0.5) is 13.2 Å². The maximum Gasteiger partial charge on any atom is 0.405 e. The van der Waals surface area contributed by atoms with E-state index in [4.69, 9.17) is 11.0 Å². The van der Waals surface area contributed by atoms with Crippen molar-refractivity contribution >= 4 is 5.91 Å². The molecule has 1 rings (SSSR count). The first-order valence-corrected chi connectivity index (χ1v) is 6.04. The highest BCUT2D eigenvalue weighted by Crippen LogP contribution is 2.27. The van der Waals surface area contributed by atoms with Crippen LogP contribution in [0, 0.1) is 17.2 Å². The molecule has 1 saturated heterocycles. The van der Waals surface area contributed by atoms with Crippen molar-refractivity contribution in [2.75, 3.05) is 26.2 Å². The Balaban J connectivity index is 2.73. The van der Waals surface area contributed by atoms with Crippen molar-refractivity contribution in [1.82, 2.24) is 10.2 Å². The van der Waals surface area contributed by atoms with Gasteiger partial charge in [-0.15, -0.1) is 0 Å². The van der Waals surface area contributed by atoms with E-state index in [1.807, 2.05) is 0 Å². The molecule has 0 aromatic heterocycles. The Morgan fingerprint density at radius 3 is 2.47 bits per heavy atom. The number of nitrogens with two attached hydrogens (primary N) is 1. The maximum atomic E-state index is 12.6. The number of halogens is 3. The molecule has 0 saturated carbocycles. The van der Waals surface area contributed by atoms with Crippen LogP contribution in [0.1, 0.15) is 12.8 Å². The monoisotopic (exact) mass is 278 g/mol. The summed E-state index contributed by atoms with van der Waals surface area (Å²) in [6.07, 6.45) is -3.30. The Bertz CT molecular complexity index is 347. The molecular formula is C11H17F3N4O. The molecule has 0 aromatic rings. The lowest BCUT2D eigenvalue weighted by Crippen LogP contribution is -2.49. The Kier molecular flexibility index (Phi) is 5.57. The minimum absolute atomic E-state index is 0.146. The molecule has 1 atom stereocenters. The number of piperidine rings is 1. The van der Waals surface area contributed by atoms with Crippen molar-refractivity contribution < 1.29 is 18.0 Å². The van der Waals surface area contributed by atoms with E-state index in [9.17, 15) is 18.0 Å². The van der Waals surface area contributed by atoms with E-state index in [1.54, 1.807) is 0 Å². The molecule has 0 aromatic carbocycles.